The summed E-state index contributed by atoms with van der Waals surface area (Å²) in [7, 11) is 1.70. The second-order valence-electron chi connectivity index (χ2n) is 11.5. The summed E-state index contributed by atoms with van der Waals surface area (Å²) in [6, 6.07) is 32.6. The molecule has 0 N–H and O–H groups in total. The number of ether oxygens (including phenoxy) is 2. The molecule has 5 aromatic rings. The third-order valence-corrected chi connectivity index (χ3v) is 8.69. The Hall–Kier alpha value is -4.30. The van der Waals surface area contributed by atoms with Gasteiger partial charge in [0, 0.05) is 27.5 Å². The highest BCUT2D eigenvalue weighted by atomic mass is 16.5. The number of hydrogen-bond donors (Lipinski definition) is 0. The summed E-state index contributed by atoms with van der Waals surface area (Å²) >= 11 is 0. The minimum absolute atomic E-state index is 0.150. The molecule has 2 heteroatoms. The van der Waals surface area contributed by atoms with Crippen LogP contribution in [-0.4, -0.2) is 7.11 Å². The number of methoxy groups -OCH3 is 1. The lowest BCUT2D eigenvalue weighted by atomic mass is 9.76. The van der Waals surface area contributed by atoms with Crippen molar-refractivity contribution in [2.24, 2.45) is 0 Å². The standard InChI is InChI=1S/C37H32O2/c1-23-10-13-25(14-11-23)37(26-15-17-27(38-5)18-16-26)21-20-31-34-33(28-8-6-7-9-29(28)35(31)39-37)30-19-12-24(2)22-32(30)36(34,3)4/h6-22H,1-5H3. The fraction of sp³-hybridized carbons (Fsp3) is 0.189. The Labute approximate surface area is 230 Å². The van der Waals surface area contributed by atoms with Crippen molar-refractivity contribution in [1.82, 2.24) is 0 Å². The van der Waals surface area contributed by atoms with Crippen molar-refractivity contribution in [3.8, 4) is 22.6 Å². The molecule has 1 heterocycles. The molecule has 1 aliphatic carbocycles. The zero-order chi connectivity index (χ0) is 26.9. The molecular formula is C37H32O2. The first kappa shape index (κ1) is 23.8. The maximum Gasteiger partial charge on any atom is 0.178 e. The van der Waals surface area contributed by atoms with Gasteiger partial charge in [-0.15, -0.1) is 0 Å². The van der Waals surface area contributed by atoms with Gasteiger partial charge in [-0.25, -0.2) is 0 Å². The van der Waals surface area contributed by atoms with Crippen LogP contribution in [-0.2, 0) is 11.0 Å². The van der Waals surface area contributed by atoms with Gasteiger partial charge in [0.2, 0.25) is 0 Å². The van der Waals surface area contributed by atoms with Crippen molar-refractivity contribution >= 4 is 16.8 Å². The van der Waals surface area contributed by atoms with E-state index in [1.54, 1.807) is 7.11 Å². The predicted octanol–water partition coefficient (Wildman–Crippen LogP) is 9.12. The van der Waals surface area contributed by atoms with E-state index in [1.165, 1.54) is 44.3 Å². The monoisotopic (exact) mass is 508 g/mol. The first-order valence-electron chi connectivity index (χ1n) is 13.6. The highest BCUT2D eigenvalue weighted by Crippen LogP contribution is 2.58. The van der Waals surface area contributed by atoms with E-state index in [0.29, 0.717) is 0 Å². The third kappa shape index (κ3) is 3.34. The van der Waals surface area contributed by atoms with Gasteiger partial charge < -0.3 is 9.47 Å². The minimum atomic E-state index is -0.768. The number of fused-ring (bicyclic) bond motifs is 8. The summed E-state index contributed by atoms with van der Waals surface area (Å²) in [6.45, 7) is 9.01. The molecule has 0 saturated carbocycles. The number of rotatable bonds is 3. The van der Waals surface area contributed by atoms with Crippen LogP contribution in [0.15, 0.2) is 97.1 Å². The molecule has 0 saturated heterocycles. The number of hydrogen-bond acceptors (Lipinski definition) is 2. The molecule has 0 radical (unpaired) electrons. The van der Waals surface area contributed by atoms with E-state index in [-0.39, 0.29) is 5.41 Å². The zero-order valence-corrected chi connectivity index (χ0v) is 23.1. The molecule has 2 aliphatic rings. The SMILES string of the molecule is COc1ccc(C2(c3ccc(C)cc3)C=Cc3c4c(c5ccccc5c3O2)-c2ccc(C)cc2C4(C)C)cc1. The van der Waals surface area contributed by atoms with E-state index in [2.05, 4.69) is 119 Å². The molecule has 1 atom stereocenters. The van der Waals surface area contributed by atoms with Crippen LogP contribution in [0.4, 0.5) is 0 Å². The average molecular weight is 509 g/mol. The summed E-state index contributed by atoms with van der Waals surface area (Å²) in [6.07, 6.45) is 4.57. The molecule has 0 amide bonds. The van der Waals surface area contributed by atoms with Crippen molar-refractivity contribution < 1.29 is 9.47 Å². The Morgan fingerprint density at radius 2 is 1.36 bits per heavy atom. The van der Waals surface area contributed by atoms with Gasteiger partial charge in [-0.2, -0.15) is 0 Å². The van der Waals surface area contributed by atoms with Crippen LogP contribution in [0.1, 0.15) is 52.8 Å². The Morgan fingerprint density at radius 1 is 0.718 bits per heavy atom. The van der Waals surface area contributed by atoms with E-state index in [0.717, 1.165) is 28.0 Å². The molecular weight excluding hydrogens is 476 g/mol. The smallest absolute Gasteiger partial charge is 0.178 e. The Kier molecular flexibility index (Phi) is 5.09. The molecule has 5 aromatic carbocycles. The average Bonchev–Trinajstić information content (AvgIpc) is 3.19. The minimum Gasteiger partial charge on any atom is -0.497 e. The second-order valence-corrected chi connectivity index (χ2v) is 11.5. The largest absolute Gasteiger partial charge is 0.497 e. The molecule has 0 aromatic heterocycles. The lowest BCUT2D eigenvalue weighted by molar-refractivity contribution is 0.163. The topological polar surface area (TPSA) is 18.5 Å². The Balaban J connectivity index is 1.54. The van der Waals surface area contributed by atoms with Crippen molar-refractivity contribution in [2.45, 2.75) is 38.7 Å². The first-order chi connectivity index (χ1) is 18.8. The highest BCUT2D eigenvalue weighted by molar-refractivity contribution is 6.08. The van der Waals surface area contributed by atoms with Crippen LogP contribution in [0.3, 0.4) is 0 Å². The van der Waals surface area contributed by atoms with Gasteiger partial charge in [0.05, 0.1) is 7.11 Å². The summed E-state index contributed by atoms with van der Waals surface area (Å²) in [5, 5.41) is 2.38. The molecule has 0 bridgehead atoms. The van der Waals surface area contributed by atoms with Crippen molar-refractivity contribution in [3.63, 3.8) is 0 Å². The molecule has 2 nitrogen and oxygen atoms in total. The van der Waals surface area contributed by atoms with E-state index in [9.17, 15) is 0 Å². The van der Waals surface area contributed by atoms with Crippen LogP contribution in [0.25, 0.3) is 28.0 Å². The van der Waals surface area contributed by atoms with Crippen LogP contribution in [0.5, 0.6) is 11.5 Å². The predicted molar refractivity (Wildman–Crippen MR) is 161 cm³/mol. The molecule has 1 unspecified atom stereocenters. The summed E-state index contributed by atoms with van der Waals surface area (Å²) in [5.74, 6) is 1.77. The van der Waals surface area contributed by atoms with Crippen LogP contribution in [0.2, 0.25) is 0 Å². The normalized spacial score (nSPS) is 18.3. The maximum atomic E-state index is 7.33. The van der Waals surface area contributed by atoms with Gasteiger partial charge in [-0.1, -0.05) is 110 Å². The summed E-state index contributed by atoms with van der Waals surface area (Å²) < 4.78 is 12.8. The van der Waals surface area contributed by atoms with Gasteiger partial charge in [-0.3, -0.25) is 0 Å². The number of aryl methyl sites for hydroxylation is 2. The maximum absolute atomic E-state index is 7.33. The molecule has 0 fully saturated rings. The fourth-order valence-electron chi connectivity index (χ4n) is 6.67. The lowest BCUT2D eigenvalue weighted by Crippen LogP contribution is -2.35. The molecule has 0 spiro atoms. The molecule has 1 aliphatic heterocycles. The Morgan fingerprint density at radius 3 is 2.05 bits per heavy atom. The van der Waals surface area contributed by atoms with Crippen molar-refractivity contribution in [2.75, 3.05) is 7.11 Å². The first-order valence-corrected chi connectivity index (χ1v) is 13.6. The van der Waals surface area contributed by atoms with E-state index in [1.807, 2.05) is 12.1 Å². The van der Waals surface area contributed by atoms with E-state index in [4.69, 9.17) is 9.47 Å². The van der Waals surface area contributed by atoms with Crippen LogP contribution < -0.4 is 9.47 Å². The molecule has 7 rings (SSSR count). The van der Waals surface area contributed by atoms with Crippen LogP contribution >= 0.6 is 0 Å². The van der Waals surface area contributed by atoms with Gasteiger partial charge in [0.25, 0.3) is 0 Å². The van der Waals surface area contributed by atoms with Crippen molar-refractivity contribution in [1.29, 1.82) is 0 Å². The second kappa shape index (κ2) is 8.35. The van der Waals surface area contributed by atoms with Crippen LogP contribution in [0, 0.1) is 13.8 Å². The third-order valence-electron chi connectivity index (χ3n) is 8.69. The highest BCUT2D eigenvalue weighted by Gasteiger charge is 2.44. The van der Waals surface area contributed by atoms with Gasteiger partial charge >= 0.3 is 0 Å². The zero-order valence-electron chi connectivity index (χ0n) is 23.1. The molecule has 39 heavy (non-hydrogen) atoms. The van der Waals surface area contributed by atoms with E-state index >= 15 is 0 Å². The van der Waals surface area contributed by atoms with Gasteiger partial charge in [-0.05, 0) is 59.7 Å². The summed E-state index contributed by atoms with van der Waals surface area (Å²) in [4.78, 5) is 0. The van der Waals surface area contributed by atoms with Gasteiger partial charge in [0.15, 0.2) is 5.60 Å². The van der Waals surface area contributed by atoms with Gasteiger partial charge in [0.1, 0.15) is 11.5 Å². The molecule has 192 valence electrons. The quantitative estimate of drug-likeness (QED) is 0.242. The Bertz CT molecular complexity index is 1790. The fourth-order valence-corrected chi connectivity index (χ4v) is 6.67. The van der Waals surface area contributed by atoms with E-state index < -0.39 is 5.60 Å². The number of benzene rings is 5. The van der Waals surface area contributed by atoms with Crippen molar-refractivity contribution in [3.05, 3.63) is 136 Å². The summed E-state index contributed by atoms with van der Waals surface area (Å²) in [5.41, 5.74) is 10.3. The lowest BCUT2D eigenvalue weighted by Gasteiger charge is -2.38.